The van der Waals surface area contributed by atoms with Crippen molar-refractivity contribution < 1.29 is 4.39 Å². The van der Waals surface area contributed by atoms with Crippen LogP contribution in [-0.2, 0) is 6.42 Å². The molecule has 0 spiro atoms. The molecule has 66 valence electrons. The van der Waals surface area contributed by atoms with Crippen LogP contribution in [0.3, 0.4) is 0 Å². The first-order chi connectivity index (χ1) is 5.74. The highest BCUT2D eigenvalue weighted by Crippen LogP contribution is 2.16. The van der Waals surface area contributed by atoms with Crippen LogP contribution in [0.5, 0.6) is 0 Å². The average molecular weight is 252 g/mol. The molecule has 0 radical (unpaired) electrons. The number of halogens is 3. The van der Waals surface area contributed by atoms with E-state index in [0.29, 0.717) is 10.6 Å². The first-order valence-corrected chi connectivity index (χ1v) is 5.24. The maximum Gasteiger partial charge on any atom is 0.126 e. The highest BCUT2D eigenvalue weighted by atomic mass is 79.9. The number of hydrogen-bond donors (Lipinski definition) is 0. The van der Waals surface area contributed by atoms with Crippen LogP contribution < -0.4 is 0 Å². The van der Waals surface area contributed by atoms with E-state index in [1.165, 1.54) is 6.07 Å². The number of hydrogen-bond acceptors (Lipinski definition) is 0. The molecule has 0 aliphatic heterocycles. The number of benzene rings is 1. The van der Waals surface area contributed by atoms with Crippen molar-refractivity contribution in [3.8, 4) is 0 Å². The molecule has 12 heavy (non-hydrogen) atoms. The minimum absolute atomic E-state index is 0.166. The molecule has 0 aliphatic rings. The highest BCUT2D eigenvalue weighted by molar-refractivity contribution is 9.09. The lowest BCUT2D eigenvalue weighted by molar-refractivity contribution is 0.608. The third-order valence-corrected chi connectivity index (χ3v) is 2.38. The summed E-state index contributed by atoms with van der Waals surface area (Å²) in [6, 6.07) is 4.65. The smallest absolute Gasteiger partial charge is 0.126 e. The van der Waals surface area contributed by atoms with Crippen molar-refractivity contribution in [2.45, 2.75) is 12.8 Å². The zero-order valence-corrected chi connectivity index (χ0v) is 8.83. The molecule has 0 bridgehead atoms. The molecule has 0 nitrogen and oxygen atoms in total. The SMILES string of the molecule is Fc1ccc(Cl)cc1CCCBr. The molecular formula is C9H9BrClF. The van der Waals surface area contributed by atoms with E-state index in [1.807, 2.05) is 0 Å². The van der Waals surface area contributed by atoms with Crippen LogP contribution in [-0.4, -0.2) is 5.33 Å². The molecule has 1 rings (SSSR count). The first kappa shape index (κ1) is 10.0. The molecule has 3 heteroatoms. The zero-order chi connectivity index (χ0) is 8.97. The van der Waals surface area contributed by atoms with Crippen molar-refractivity contribution in [1.29, 1.82) is 0 Å². The standard InChI is InChI=1S/C9H9BrClF/c10-5-1-2-7-6-8(11)3-4-9(7)12/h3-4,6H,1-2,5H2. The lowest BCUT2D eigenvalue weighted by Crippen LogP contribution is -1.90. The summed E-state index contributed by atoms with van der Waals surface area (Å²) in [5.41, 5.74) is 0.696. The van der Waals surface area contributed by atoms with E-state index >= 15 is 0 Å². The Balaban J connectivity index is 2.75. The van der Waals surface area contributed by atoms with E-state index < -0.39 is 0 Å². The minimum atomic E-state index is -0.166. The molecule has 0 heterocycles. The lowest BCUT2D eigenvalue weighted by atomic mass is 10.1. The van der Waals surface area contributed by atoms with E-state index in [0.717, 1.165) is 18.2 Å². The number of aryl methyl sites for hydroxylation is 1. The molecule has 0 amide bonds. The van der Waals surface area contributed by atoms with E-state index in [-0.39, 0.29) is 5.82 Å². The molecule has 0 N–H and O–H groups in total. The molecule has 1 aromatic carbocycles. The number of alkyl halides is 1. The first-order valence-electron chi connectivity index (χ1n) is 3.74. The van der Waals surface area contributed by atoms with Crippen LogP contribution in [0.15, 0.2) is 18.2 Å². The summed E-state index contributed by atoms with van der Waals surface area (Å²) >= 11 is 9.01. The summed E-state index contributed by atoms with van der Waals surface area (Å²) in [4.78, 5) is 0. The monoisotopic (exact) mass is 250 g/mol. The van der Waals surface area contributed by atoms with Gasteiger partial charge >= 0.3 is 0 Å². The summed E-state index contributed by atoms with van der Waals surface area (Å²) in [6.45, 7) is 0. The fourth-order valence-electron chi connectivity index (χ4n) is 0.992. The van der Waals surface area contributed by atoms with E-state index in [4.69, 9.17) is 11.6 Å². The summed E-state index contributed by atoms with van der Waals surface area (Å²) < 4.78 is 13.0. The molecule has 0 saturated carbocycles. The van der Waals surface area contributed by atoms with Gasteiger partial charge in [0.15, 0.2) is 0 Å². The van der Waals surface area contributed by atoms with Gasteiger partial charge in [0, 0.05) is 10.4 Å². The van der Waals surface area contributed by atoms with Crippen LogP contribution in [0.2, 0.25) is 5.02 Å². The quantitative estimate of drug-likeness (QED) is 0.717. The van der Waals surface area contributed by atoms with E-state index in [1.54, 1.807) is 12.1 Å². The highest BCUT2D eigenvalue weighted by Gasteiger charge is 2.01. The molecule has 0 fully saturated rings. The van der Waals surface area contributed by atoms with Crippen molar-refractivity contribution in [3.63, 3.8) is 0 Å². The Morgan fingerprint density at radius 1 is 1.42 bits per heavy atom. The molecular weight excluding hydrogens is 242 g/mol. The zero-order valence-electron chi connectivity index (χ0n) is 6.49. The van der Waals surface area contributed by atoms with Crippen LogP contribution in [0, 0.1) is 5.82 Å². The Hall–Kier alpha value is -0.0800. The summed E-state index contributed by atoms with van der Waals surface area (Å²) in [5.74, 6) is -0.166. The summed E-state index contributed by atoms with van der Waals surface area (Å²) in [7, 11) is 0. The predicted molar refractivity (Wildman–Crippen MR) is 53.5 cm³/mol. The van der Waals surface area contributed by atoms with Crippen molar-refractivity contribution in [2.24, 2.45) is 0 Å². The van der Waals surface area contributed by atoms with Gasteiger partial charge in [0.25, 0.3) is 0 Å². The van der Waals surface area contributed by atoms with Crippen LogP contribution >= 0.6 is 27.5 Å². The third kappa shape index (κ3) is 2.76. The van der Waals surface area contributed by atoms with Gasteiger partial charge in [-0.2, -0.15) is 0 Å². The van der Waals surface area contributed by atoms with Gasteiger partial charge in [-0.3, -0.25) is 0 Å². The van der Waals surface area contributed by atoms with Gasteiger partial charge in [-0.15, -0.1) is 0 Å². The van der Waals surface area contributed by atoms with Crippen molar-refractivity contribution in [2.75, 3.05) is 5.33 Å². The second-order valence-electron chi connectivity index (χ2n) is 2.53. The van der Waals surface area contributed by atoms with Gasteiger partial charge in [-0.05, 0) is 36.6 Å². The maximum atomic E-state index is 13.0. The fraction of sp³-hybridized carbons (Fsp3) is 0.333. The topological polar surface area (TPSA) is 0 Å². The van der Waals surface area contributed by atoms with E-state index in [9.17, 15) is 4.39 Å². The van der Waals surface area contributed by atoms with Crippen LogP contribution in [0.4, 0.5) is 4.39 Å². The Morgan fingerprint density at radius 2 is 2.17 bits per heavy atom. The molecule has 0 atom stereocenters. The van der Waals surface area contributed by atoms with Gasteiger partial charge in [0.1, 0.15) is 5.82 Å². The molecule has 0 aliphatic carbocycles. The fourth-order valence-corrected chi connectivity index (χ4v) is 1.47. The van der Waals surface area contributed by atoms with Gasteiger partial charge in [-0.25, -0.2) is 4.39 Å². The maximum absolute atomic E-state index is 13.0. The molecule has 1 aromatic rings. The summed E-state index contributed by atoms with van der Waals surface area (Å²) in [5, 5.41) is 1.49. The summed E-state index contributed by atoms with van der Waals surface area (Å²) in [6.07, 6.45) is 1.66. The Kier molecular flexibility index (Phi) is 4.02. The predicted octanol–water partition coefficient (Wildman–Crippen LogP) is 3.81. The van der Waals surface area contributed by atoms with Crippen molar-refractivity contribution in [1.82, 2.24) is 0 Å². The van der Waals surface area contributed by atoms with Gasteiger partial charge in [0.2, 0.25) is 0 Å². The second-order valence-corrected chi connectivity index (χ2v) is 3.76. The van der Waals surface area contributed by atoms with Gasteiger partial charge in [0.05, 0.1) is 0 Å². The largest absolute Gasteiger partial charge is 0.207 e. The molecule has 0 unspecified atom stereocenters. The third-order valence-electron chi connectivity index (χ3n) is 1.59. The van der Waals surface area contributed by atoms with Crippen LogP contribution in [0.1, 0.15) is 12.0 Å². The van der Waals surface area contributed by atoms with Gasteiger partial charge < -0.3 is 0 Å². The lowest BCUT2D eigenvalue weighted by Gasteiger charge is -2.01. The normalized spacial score (nSPS) is 10.2. The second kappa shape index (κ2) is 4.83. The van der Waals surface area contributed by atoms with Crippen molar-refractivity contribution in [3.05, 3.63) is 34.6 Å². The minimum Gasteiger partial charge on any atom is -0.207 e. The van der Waals surface area contributed by atoms with E-state index in [2.05, 4.69) is 15.9 Å². The van der Waals surface area contributed by atoms with Gasteiger partial charge in [-0.1, -0.05) is 27.5 Å². The Bertz CT molecular complexity index is 263. The molecule has 0 aromatic heterocycles. The van der Waals surface area contributed by atoms with Crippen LogP contribution in [0.25, 0.3) is 0 Å². The Labute approximate surface area is 84.9 Å². The average Bonchev–Trinajstić information content (AvgIpc) is 2.07. The number of rotatable bonds is 3. The molecule has 0 saturated heterocycles. The van der Waals surface area contributed by atoms with Crippen molar-refractivity contribution >= 4 is 27.5 Å². The Morgan fingerprint density at radius 3 is 2.83 bits per heavy atom.